The molecule has 2 aromatic carbocycles. The van der Waals surface area contributed by atoms with E-state index in [4.69, 9.17) is 0 Å². The number of benzene rings is 2. The highest BCUT2D eigenvalue weighted by Crippen LogP contribution is 2.26. The summed E-state index contributed by atoms with van der Waals surface area (Å²) < 4.78 is 30.0. The van der Waals surface area contributed by atoms with Gasteiger partial charge in [0, 0.05) is 36.8 Å². The third kappa shape index (κ3) is 4.48. The first-order valence-corrected chi connectivity index (χ1v) is 13.0. The second-order valence-corrected chi connectivity index (χ2v) is 10.8. The van der Waals surface area contributed by atoms with Gasteiger partial charge in [0.2, 0.25) is 10.0 Å². The summed E-state index contributed by atoms with van der Waals surface area (Å²) in [6.45, 7) is 4.85. The summed E-state index contributed by atoms with van der Waals surface area (Å²) in [4.78, 5) is 28.2. The van der Waals surface area contributed by atoms with Crippen molar-refractivity contribution in [1.29, 1.82) is 0 Å². The third-order valence-electron chi connectivity index (χ3n) is 5.84. The lowest BCUT2D eigenvalue weighted by atomic mass is 10.1. The van der Waals surface area contributed by atoms with E-state index in [9.17, 15) is 23.3 Å². The molecule has 174 valence electrons. The number of sulfonamides is 1. The molecule has 0 saturated carbocycles. The molecule has 0 N–H and O–H groups in total. The second-order valence-electron chi connectivity index (χ2n) is 7.94. The van der Waals surface area contributed by atoms with Gasteiger partial charge in [-0.3, -0.25) is 14.9 Å². The third-order valence-corrected chi connectivity index (χ3v) is 8.91. The minimum atomic E-state index is -3.62. The number of nitrogens with zero attached hydrogens (tertiary/aromatic N) is 4. The number of rotatable bonds is 5. The van der Waals surface area contributed by atoms with Crippen LogP contribution in [0.3, 0.4) is 0 Å². The number of aryl methyl sites for hydroxylation is 1. The van der Waals surface area contributed by atoms with Crippen molar-refractivity contribution in [2.24, 2.45) is 4.99 Å². The van der Waals surface area contributed by atoms with Gasteiger partial charge in [-0.1, -0.05) is 17.8 Å². The van der Waals surface area contributed by atoms with E-state index in [1.807, 2.05) is 18.4 Å². The van der Waals surface area contributed by atoms with Gasteiger partial charge in [-0.15, -0.1) is 0 Å². The van der Waals surface area contributed by atoms with Crippen LogP contribution in [0.5, 0.6) is 0 Å². The SMILES string of the molecule is CCn1c(=NC(=O)c2ccc(S(=O)(=O)N3CCCC[C@@H]3C)cc2)sc2cc([N+](=O)[O-])ccc21. The Kier molecular flexibility index (Phi) is 6.46. The Balaban J connectivity index is 1.65. The molecular weight excluding hydrogens is 464 g/mol. The van der Waals surface area contributed by atoms with Crippen molar-refractivity contribution in [2.45, 2.75) is 50.6 Å². The molecule has 1 aliphatic heterocycles. The van der Waals surface area contributed by atoms with E-state index in [0.717, 1.165) is 24.8 Å². The second kappa shape index (κ2) is 9.16. The summed E-state index contributed by atoms with van der Waals surface area (Å²) >= 11 is 1.20. The molecule has 1 amide bonds. The fourth-order valence-corrected chi connectivity index (χ4v) is 6.88. The van der Waals surface area contributed by atoms with Crippen molar-refractivity contribution in [1.82, 2.24) is 8.87 Å². The molecule has 0 aliphatic carbocycles. The fraction of sp³-hybridized carbons (Fsp3) is 0.364. The monoisotopic (exact) mass is 488 g/mol. The summed E-state index contributed by atoms with van der Waals surface area (Å²) in [6, 6.07) is 10.3. The van der Waals surface area contributed by atoms with Crippen LogP contribution < -0.4 is 4.80 Å². The van der Waals surface area contributed by atoms with Crippen LogP contribution >= 0.6 is 11.3 Å². The van der Waals surface area contributed by atoms with Crippen LogP contribution in [0.1, 0.15) is 43.5 Å². The van der Waals surface area contributed by atoms with Crippen LogP contribution in [0.2, 0.25) is 0 Å². The van der Waals surface area contributed by atoms with E-state index in [1.165, 1.54) is 52.0 Å². The highest BCUT2D eigenvalue weighted by Gasteiger charge is 2.30. The molecule has 0 spiro atoms. The molecular formula is C22H24N4O5S2. The summed E-state index contributed by atoms with van der Waals surface area (Å²) in [5.74, 6) is -0.506. The van der Waals surface area contributed by atoms with Crippen LogP contribution in [0.4, 0.5) is 5.69 Å². The van der Waals surface area contributed by atoms with Gasteiger partial charge in [0.25, 0.3) is 11.6 Å². The van der Waals surface area contributed by atoms with Gasteiger partial charge in [0.1, 0.15) is 0 Å². The minimum Gasteiger partial charge on any atom is -0.317 e. The van der Waals surface area contributed by atoms with Gasteiger partial charge < -0.3 is 4.57 Å². The number of thiazole rings is 1. The Morgan fingerprint density at radius 1 is 1.21 bits per heavy atom. The molecule has 0 bridgehead atoms. The highest BCUT2D eigenvalue weighted by atomic mass is 32.2. The maximum Gasteiger partial charge on any atom is 0.279 e. The average molecular weight is 489 g/mol. The normalized spacial score (nSPS) is 18.0. The Morgan fingerprint density at radius 3 is 2.58 bits per heavy atom. The molecule has 4 rings (SSSR count). The predicted octanol–water partition coefficient (Wildman–Crippen LogP) is 3.94. The van der Waals surface area contributed by atoms with Crippen LogP contribution in [0.25, 0.3) is 10.2 Å². The Bertz CT molecular complexity index is 1390. The van der Waals surface area contributed by atoms with Crippen LogP contribution in [-0.4, -0.2) is 40.7 Å². The van der Waals surface area contributed by atoms with Crippen molar-refractivity contribution in [3.63, 3.8) is 0 Å². The maximum absolute atomic E-state index is 13.0. The number of carbonyl (C=O) groups excluding carboxylic acids is 1. The van der Waals surface area contributed by atoms with Crippen LogP contribution in [-0.2, 0) is 16.6 Å². The van der Waals surface area contributed by atoms with Gasteiger partial charge in [0.05, 0.1) is 20.0 Å². The number of aromatic nitrogens is 1. The zero-order valence-electron chi connectivity index (χ0n) is 18.3. The number of non-ortho nitro benzene ring substituents is 1. The molecule has 9 nitrogen and oxygen atoms in total. The molecule has 1 atom stereocenters. The smallest absolute Gasteiger partial charge is 0.279 e. The van der Waals surface area contributed by atoms with Crippen molar-refractivity contribution in [2.75, 3.05) is 6.54 Å². The van der Waals surface area contributed by atoms with Gasteiger partial charge in [0.15, 0.2) is 4.80 Å². The van der Waals surface area contributed by atoms with Crippen molar-refractivity contribution in [3.8, 4) is 0 Å². The Labute approximate surface area is 195 Å². The number of carbonyl (C=O) groups is 1. The summed E-state index contributed by atoms with van der Waals surface area (Å²) in [5.41, 5.74) is 1.01. The van der Waals surface area contributed by atoms with Gasteiger partial charge in [-0.25, -0.2) is 8.42 Å². The number of piperidine rings is 1. The summed E-state index contributed by atoms with van der Waals surface area (Å²) in [6.07, 6.45) is 2.70. The maximum atomic E-state index is 13.0. The molecule has 3 aromatic rings. The topological polar surface area (TPSA) is 115 Å². The van der Waals surface area contributed by atoms with Crippen molar-refractivity contribution in [3.05, 3.63) is 62.9 Å². The van der Waals surface area contributed by atoms with Gasteiger partial charge in [-0.05, 0) is 57.0 Å². The van der Waals surface area contributed by atoms with E-state index in [0.29, 0.717) is 22.6 Å². The van der Waals surface area contributed by atoms with E-state index in [1.54, 1.807) is 6.07 Å². The largest absolute Gasteiger partial charge is 0.317 e. The lowest BCUT2D eigenvalue weighted by Crippen LogP contribution is -2.41. The standard InChI is InChI=1S/C22H24N4O5S2/c1-3-24-19-12-9-17(26(28)29)14-20(19)32-22(24)23-21(27)16-7-10-18(11-8-16)33(30,31)25-13-5-4-6-15(25)2/h7-12,14-15H,3-6,13H2,1-2H3/t15-/m0/s1. The van der Waals surface area contributed by atoms with E-state index < -0.39 is 20.9 Å². The molecule has 0 unspecified atom stereocenters. The molecule has 0 radical (unpaired) electrons. The number of fused-ring (bicyclic) bond motifs is 1. The first-order valence-electron chi connectivity index (χ1n) is 10.7. The van der Waals surface area contributed by atoms with Gasteiger partial charge >= 0.3 is 0 Å². The molecule has 33 heavy (non-hydrogen) atoms. The first kappa shape index (κ1) is 23.3. The number of nitro benzene ring substituents is 1. The van der Waals surface area contributed by atoms with E-state index in [-0.39, 0.29) is 22.2 Å². The number of amides is 1. The molecule has 11 heteroatoms. The lowest BCUT2D eigenvalue weighted by molar-refractivity contribution is -0.384. The van der Waals surface area contributed by atoms with E-state index in [2.05, 4.69) is 4.99 Å². The quantitative estimate of drug-likeness (QED) is 0.399. The number of nitro groups is 1. The summed E-state index contributed by atoms with van der Waals surface area (Å²) in [7, 11) is -3.62. The lowest BCUT2D eigenvalue weighted by Gasteiger charge is -2.32. The van der Waals surface area contributed by atoms with Crippen LogP contribution in [0, 0.1) is 10.1 Å². The van der Waals surface area contributed by atoms with Crippen molar-refractivity contribution < 1.29 is 18.1 Å². The first-order chi connectivity index (χ1) is 15.7. The minimum absolute atomic E-state index is 0.0234. The zero-order valence-corrected chi connectivity index (χ0v) is 19.9. The Hall–Kier alpha value is -2.89. The van der Waals surface area contributed by atoms with Crippen LogP contribution in [0.15, 0.2) is 52.4 Å². The predicted molar refractivity (Wildman–Crippen MR) is 126 cm³/mol. The number of hydrogen-bond acceptors (Lipinski definition) is 6. The van der Waals surface area contributed by atoms with Gasteiger partial charge in [-0.2, -0.15) is 9.30 Å². The highest BCUT2D eigenvalue weighted by molar-refractivity contribution is 7.89. The molecule has 1 saturated heterocycles. The average Bonchev–Trinajstić information content (AvgIpc) is 3.15. The molecule has 2 heterocycles. The number of hydrogen-bond donors (Lipinski definition) is 0. The van der Waals surface area contributed by atoms with E-state index >= 15 is 0 Å². The summed E-state index contributed by atoms with van der Waals surface area (Å²) in [5, 5.41) is 11.1. The van der Waals surface area contributed by atoms with Crippen molar-refractivity contribution >= 4 is 43.2 Å². The molecule has 1 fully saturated rings. The molecule has 1 aliphatic rings. The fourth-order valence-electron chi connectivity index (χ4n) is 4.05. The molecule has 1 aromatic heterocycles. The Morgan fingerprint density at radius 2 is 1.94 bits per heavy atom. The zero-order chi connectivity index (χ0) is 23.8.